The van der Waals surface area contributed by atoms with Crippen LogP contribution in [0.2, 0.25) is 5.02 Å². The number of halogens is 1. The Balaban J connectivity index is 2.04. The SMILES string of the molecule is COC(=O)c1cc(Cl)ccc1OCC(=O)Nc1cccc([N+](=O)[O-])c1. The summed E-state index contributed by atoms with van der Waals surface area (Å²) in [6.45, 7) is -0.408. The minimum atomic E-state index is -0.656. The van der Waals surface area contributed by atoms with Crippen LogP contribution in [0.3, 0.4) is 0 Å². The van der Waals surface area contributed by atoms with E-state index in [1.807, 2.05) is 0 Å². The number of nitro benzene ring substituents is 1. The van der Waals surface area contributed by atoms with E-state index in [-0.39, 0.29) is 22.7 Å². The first-order chi connectivity index (χ1) is 11.9. The van der Waals surface area contributed by atoms with Crippen molar-refractivity contribution in [1.82, 2.24) is 0 Å². The monoisotopic (exact) mass is 364 g/mol. The molecule has 0 saturated heterocycles. The van der Waals surface area contributed by atoms with Gasteiger partial charge in [0.05, 0.1) is 12.0 Å². The van der Waals surface area contributed by atoms with Gasteiger partial charge in [-0.3, -0.25) is 14.9 Å². The summed E-state index contributed by atoms with van der Waals surface area (Å²) in [7, 11) is 1.21. The summed E-state index contributed by atoms with van der Waals surface area (Å²) in [4.78, 5) is 33.8. The van der Waals surface area contributed by atoms with Gasteiger partial charge in [-0.05, 0) is 24.3 Å². The molecule has 0 fully saturated rings. The Bertz CT molecular complexity index is 824. The summed E-state index contributed by atoms with van der Waals surface area (Å²) in [6.07, 6.45) is 0. The predicted molar refractivity (Wildman–Crippen MR) is 90.0 cm³/mol. The second-order valence-electron chi connectivity index (χ2n) is 4.78. The van der Waals surface area contributed by atoms with Crippen LogP contribution >= 0.6 is 11.6 Å². The first kappa shape index (κ1) is 18.2. The summed E-state index contributed by atoms with van der Waals surface area (Å²) < 4.78 is 9.95. The number of hydrogen-bond donors (Lipinski definition) is 1. The lowest BCUT2D eigenvalue weighted by Gasteiger charge is -2.11. The van der Waals surface area contributed by atoms with Crippen molar-refractivity contribution in [2.75, 3.05) is 19.0 Å². The van der Waals surface area contributed by atoms with Crippen molar-refractivity contribution in [1.29, 1.82) is 0 Å². The Morgan fingerprint density at radius 2 is 2.00 bits per heavy atom. The molecule has 25 heavy (non-hydrogen) atoms. The van der Waals surface area contributed by atoms with Gasteiger partial charge in [-0.25, -0.2) is 4.79 Å². The lowest BCUT2D eigenvalue weighted by molar-refractivity contribution is -0.384. The van der Waals surface area contributed by atoms with Gasteiger partial charge in [-0.1, -0.05) is 17.7 Å². The average Bonchev–Trinajstić information content (AvgIpc) is 2.60. The molecule has 130 valence electrons. The molecular formula is C16H13ClN2O6. The summed E-state index contributed by atoms with van der Waals surface area (Å²) >= 11 is 5.83. The van der Waals surface area contributed by atoms with Crippen molar-refractivity contribution in [3.63, 3.8) is 0 Å². The molecule has 0 bridgehead atoms. The molecule has 0 aliphatic carbocycles. The summed E-state index contributed by atoms with van der Waals surface area (Å²) in [6, 6.07) is 9.79. The highest BCUT2D eigenvalue weighted by Gasteiger charge is 2.15. The minimum Gasteiger partial charge on any atom is -0.483 e. The number of nitrogens with one attached hydrogen (secondary N) is 1. The van der Waals surface area contributed by atoms with Crippen molar-refractivity contribution in [3.8, 4) is 5.75 Å². The topological polar surface area (TPSA) is 108 Å². The van der Waals surface area contributed by atoms with Crippen LogP contribution in [0.25, 0.3) is 0 Å². The second kappa shape index (κ2) is 8.11. The Kier molecular flexibility index (Phi) is 5.91. The fourth-order valence-corrected chi connectivity index (χ4v) is 2.11. The van der Waals surface area contributed by atoms with Crippen LogP contribution in [0.1, 0.15) is 10.4 Å². The van der Waals surface area contributed by atoms with E-state index in [9.17, 15) is 19.7 Å². The van der Waals surface area contributed by atoms with Crippen LogP contribution in [0, 0.1) is 10.1 Å². The number of carbonyl (C=O) groups is 2. The van der Waals surface area contributed by atoms with Crippen molar-refractivity contribution >= 4 is 34.9 Å². The number of esters is 1. The number of non-ortho nitro benzene ring substituents is 1. The molecule has 0 heterocycles. The van der Waals surface area contributed by atoms with Gasteiger partial charge >= 0.3 is 5.97 Å². The van der Waals surface area contributed by atoms with Crippen LogP contribution < -0.4 is 10.1 Å². The number of methoxy groups -OCH3 is 1. The second-order valence-corrected chi connectivity index (χ2v) is 5.21. The molecule has 0 unspecified atom stereocenters. The van der Waals surface area contributed by atoms with Crippen LogP contribution in [-0.2, 0) is 9.53 Å². The van der Waals surface area contributed by atoms with E-state index in [2.05, 4.69) is 10.1 Å². The molecule has 0 aliphatic rings. The molecule has 0 aliphatic heterocycles. The molecule has 0 radical (unpaired) electrons. The van der Waals surface area contributed by atoms with E-state index in [1.54, 1.807) is 0 Å². The third-order valence-electron chi connectivity index (χ3n) is 3.05. The van der Waals surface area contributed by atoms with Crippen molar-refractivity contribution in [2.45, 2.75) is 0 Å². The number of benzene rings is 2. The first-order valence-corrected chi connectivity index (χ1v) is 7.33. The van der Waals surface area contributed by atoms with Gasteiger partial charge in [-0.2, -0.15) is 0 Å². The zero-order valence-electron chi connectivity index (χ0n) is 13.0. The third-order valence-corrected chi connectivity index (χ3v) is 3.28. The highest BCUT2D eigenvalue weighted by atomic mass is 35.5. The molecule has 2 aromatic carbocycles. The highest BCUT2D eigenvalue weighted by Crippen LogP contribution is 2.24. The largest absolute Gasteiger partial charge is 0.483 e. The Labute approximate surface area is 147 Å². The molecule has 8 nitrogen and oxygen atoms in total. The lowest BCUT2D eigenvalue weighted by atomic mass is 10.2. The van der Waals surface area contributed by atoms with E-state index < -0.39 is 23.4 Å². The van der Waals surface area contributed by atoms with Crippen LogP contribution in [0.4, 0.5) is 11.4 Å². The quantitative estimate of drug-likeness (QED) is 0.479. The lowest BCUT2D eigenvalue weighted by Crippen LogP contribution is -2.21. The molecular weight excluding hydrogens is 352 g/mol. The van der Waals surface area contributed by atoms with Gasteiger partial charge in [0, 0.05) is 22.8 Å². The van der Waals surface area contributed by atoms with Gasteiger partial charge in [0.2, 0.25) is 0 Å². The summed E-state index contributed by atoms with van der Waals surface area (Å²) in [5, 5.41) is 13.5. The molecule has 0 aromatic heterocycles. The Morgan fingerprint density at radius 1 is 1.24 bits per heavy atom. The number of hydrogen-bond acceptors (Lipinski definition) is 6. The predicted octanol–water partition coefficient (Wildman–Crippen LogP) is 3.05. The van der Waals surface area contributed by atoms with Crippen molar-refractivity contribution < 1.29 is 24.0 Å². The van der Waals surface area contributed by atoms with Gasteiger partial charge in [0.25, 0.3) is 11.6 Å². The van der Waals surface area contributed by atoms with Crippen LogP contribution in [0.5, 0.6) is 5.75 Å². The number of anilines is 1. The molecule has 2 aromatic rings. The highest BCUT2D eigenvalue weighted by molar-refractivity contribution is 6.31. The molecule has 0 spiro atoms. The van der Waals surface area contributed by atoms with Gasteiger partial charge < -0.3 is 14.8 Å². The fraction of sp³-hybridized carbons (Fsp3) is 0.125. The molecule has 9 heteroatoms. The molecule has 0 saturated carbocycles. The molecule has 0 atom stereocenters. The van der Waals surface area contributed by atoms with E-state index in [0.29, 0.717) is 5.02 Å². The zero-order valence-corrected chi connectivity index (χ0v) is 13.8. The third kappa shape index (κ3) is 4.92. The van der Waals surface area contributed by atoms with Gasteiger partial charge in [0.15, 0.2) is 6.61 Å². The number of carbonyl (C=O) groups excluding carboxylic acids is 2. The molecule has 2 rings (SSSR count). The van der Waals surface area contributed by atoms with Crippen molar-refractivity contribution in [3.05, 3.63) is 63.2 Å². The molecule has 1 N–H and O–H groups in total. The summed E-state index contributed by atoms with van der Waals surface area (Å²) in [5.41, 5.74) is 0.189. The smallest absolute Gasteiger partial charge is 0.341 e. The van der Waals surface area contributed by atoms with Crippen molar-refractivity contribution in [2.24, 2.45) is 0 Å². The van der Waals surface area contributed by atoms with E-state index >= 15 is 0 Å². The van der Waals surface area contributed by atoms with E-state index in [1.165, 1.54) is 49.6 Å². The zero-order chi connectivity index (χ0) is 18.4. The number of amides is 1. The number of ether oxygens (including phenoxy) is 2. The minimum absolute atomic E-state index is 0.0816. The average molecular weight is 365 g/mol. The maximum atomic E-state index is 11.9. The normalized spacial score (nSPS) is 10.0. The fourth-order valence-electron chi connectivity index (χ4n) is 1.94. The van der Waals surface area contributed by atoms with E-state index in [0.717, 1.165) is 0 Å². The maximum absolute atomic E-state index is 11.9. The number of nitrogens with zero attached hydrogens (tertiary/aromatic N) is 1. The van der Waals surface area contributed by atoms with Crippen LogP contribution in [-0.4, -0.2) is 30.5 Å². The van der Waals surface area contributed by atoms with Crippen LogP contribution in [0.15, 0.2) is 42.5 Å². The Morgan fingerprint density at radius 3 is 2.68 bits per heavy atom. The van der Waals surface area contributed by atoms with E-state index in [4.69, 9.17) is 16.3 Å². The van der Waals surface area contributed by atoms with Gasteiger partial charge in [0.1, 0.15) is 11.3 Å². The number of rotatable bonds is 6. The number of nitro groups is 1. The Hall–Kier alpha value is -3.13. The maximum Gasteiger partial charge on any atom is 0.341 e. The molecule has 1 amide bonds. The first-order valence-electron chi connectivity index (χ1n) is 6.95. The summed E-state index contributed by atoms with van der Waals surface area (Å²) in [5.74, 6) is -1.08. The van der Waals surface area contributed by atoms with Gasteiger partial charge in [-0.15, -0.1) is 0 Å². The standard InChI is InChI=1S/C16H13ClN2O6/c1-24-16(21)13-7-10(17)5-6-14(13)25-9-15(20)18-11-3-2-4-12(8-11)19(22)23/h2-8H,9H2,1H3,(H,18,20).